The molecule has 2 aromatic rings. The van der Waals surface area contributed by atoms with Gasteiger partial charge >= 0.3 is 0 Å². The first-order chi connectivity index (χ1) is 11.4. The Bertz CT molecular complexity index is 872. The van der Waals surface area contributed by atoms with Crippen molar-refractivity contribution >= 4 is 34.8 Å². The van der Waals surface area contributed by atoms with E-state index in [9.17, 15) is 14.0 Å². The lowest BCUT2D eigenvalue weighted by Crippen LogP contribution is -2.33. The van der Waals surface area contributed by atoms with Crippen molar-refractivity contribution < 1.29 is 14.0 Å². The number of amides is 2. The number of carbonyl (C=O) groups is 2. The first-order valence-corrected chi connectivity index (χ1v) is 7.64. The molecule has 0 spiro atoms. The standard InChI is InChI=1S/C18H14ClFN2O2/c1-10-7-11(2)9-12(8-10)21-16-15(19)17(23)22(18(16)24)14-6-4-3-5-13(14)20/h3-9,21H,1-2H3. The van der Waals surface area contributed by atoms with Crippen molar-refractivity contribution in [1.82, 2.24) is 0 Å². The number of nitrogens with one attached hydrogen (secondary N) is 1. The number of para-hydroxylation sites is 1. The average Bonchev–Trinajstić information content (AvgIpc) is 2.71. The summed E-state index contributed by atoms with van der Waals surface area (Å²) < 4.78 is 13.9. The Labute approximate surface area is 143 Å². The summed E-state index contributed by atoms with van der Waals surface area (Å²) in [7, 11) is 0. The first-order valence-electron chi connectivity index (χ1n) is 7.27. The molecule has 0 saturated carbocycles. The van der Waals surface area contributed by atoms with Crippen molar-refractivity contribution in [3.8, 4) is 0 Å². The maximum absolute atomic E-state index is 13.9. The number of nitrogens with zero attached hydrogens (tertiary/aromatic N) is 1. The fourth-order valence-corrected chi connectivity index (χ4v) is 2.87. The van der Waals surface area contributed by atoms with E-state index in [2.05, 4.69) is 5.32 Å². The van der Waals surface area contributed by atoms with E-state index in [0.717, 1.165) is 16.0 Å². The SMILES string of the molecule is Cc1cc(C)cc(NC2=C(Cl)C(=O)N(c3ccccc3F)C2=O)c1. The number of halogens is 2. The summed E-state index contributed by atoms with van der Waals surface area (Å²) in [6.45, 7) is 3.84. The number of hydrogen-bond acceptors (Lipinski definition) is 3. The van der Waals surface area contributed by atoms with Gasteiger partial charge in [0, 0.05) is 5.69 Å². The van der Waals surface area contributed by atoms with Crippen LogP contribution in [0.25, 0.3) is 0 Å². The molecule has 0 unspecified atom stereocenters. The van der Waals surface area contributed by atoms with Gasteiger partial charge < -0.3 is 5.32 Å². The van der Waals surface area contributed by atoms with Crippen LogP contribution in [0.15, 0.2) is 53.2 Å². The van der Waals surface area contributed by atoms with Crippen LogP contribution in [0.4, 0.5) is 15.8 Å². The minimum Gasteiger partial charge on any atom is -0.350 e. The van der Waals surface area contributed by atoms with Crippen LogP contribution in [0, 0.1) is 19.7 Å². The van der Waals surface area contributed by atoms with Crippen molar-refractivity contribution in [2.45, 2.75) is 13.8 Å². The summed E-state index contributed by atoms with van der Waals surface area (Å²) in [5.41, 5.74) is 2.45. The lowest BCUT2D eigenvalue weighted by Gasteiger charge is -2.15. The molecular weight excluding hydrogens is 331 g/mol. The van der Waals surface area contributed by atoms with Crippen LogP contribution in [0.1, 0.15) is 11.1 Å². The van der Waals surface area contributed by atoms with E-state index in [-0.39, 0.29) is 16.4 Å². The molecule has 2 amide bonds. The summed E-state index contributed by atoms with van der Waals surface area (Å²) in [6.07, 6.45) is 0. The molecule has 1 aliphatic heterocycles. The van der Waals surface area contributed by atoms with Crippen LogP contribution in [0.2, 0.25) is 0 Å². The van der Waals surface area contributed by atoms with Gasteiger partial charge in [0.2, 0.25) is 0 Å². The van der Waals surface area contributed by atoms with Gasteiger partial charge in [0.1, 0.15) is 16.5 Å². The molecule has 0 aromatic heterocycles. The fourth-order valence-electron chi connectivity index (χ4n) is 2.65. The zero-order valence-electron chi connectivity index (χ0n) is 13.1. The fraction of sp³-hybridized carbons (Fsp3) is 0.111. The van der Waals surface area contributed by atoms with Gasteiger partial charge in [-0.1, -0.05) is 29.8 Å². The van der Waals surface area contributed by atoms with Gasteiger partial charge in [0.05, 0.1) is 5.69 Å². The van der Waals surface area contributed by atoms with Crippen LogP contribution >= 0.6 is 11.6 Å². The predicted octanol–water partition coefficient (Wildman–Crippen LogP) is 3.88. The van der Waals surface area contributed by atoms with Gasteiger partial charge in [-0.3, -0.25) is 9.59 Å². The Morgan fingerprint density at radius 1 is 1.00 bits per heavy atom. The molecule has 0 radical (unpaired) electrons. The zero-order chi connectivity index (χ0) is 17.4. The van der Waals surface area contributed by atoms with Crippen molar-refractivity contribution in [2.75, 3.05) is 10.2 Å². The lowest BCUT2D eigenvalue weighted by atomic mass is 10.1. The third-order valence-electron chi connectivity index (χ3n) is 3.61. The Hall–Kier alpha value is -2.66. The molecule has 6 heteroatoms. The minimum absolute atomic E-state index is 0.0603. The third kappa shape index (κ3) is 2.78. The monoisotopic (exact) mass is 344 g/mol. The highest BCUT2D eigenvalue weighted by atomic mass is 35.5. The smallest absolute Gasteiger partial charge is 0.283 e. The van der Waals surface area contributed by atoms with E-state index in [1.54, 1.807) is 6.07 Å². The molecule has 0 saturated heterocycles. The summed E-state index contributed by atoms with van der Waals surface area (Å²) in [5.74, 6) is -2.11. The molecule has 1 aliphatic rings. The lowest BCUT2D eigenvalue weighted by molar-refractivity contribution is -0.120. The molecule has 0 bridgehead atoms. The molecule has 0 aliphatic carbocycles. The first kappa shape index (κ1) is 16.2. The van der Waals surface area contributed by atoms with Gasteiger partial charge in [0.25, 0.3) is 11.8 Å². The van der Waals surface area contributed by atoms with Gasteiger partial charge in [0.15, 0.2) is 0 Å². The van der Waals surface area contributed by atoms with Crippen LogP contribution in [-0.4, -0.2) is 11.8 Å². The number of rotatable bonds is 3. The van der Waals surface area contributed by atoms with Gasteiger partial charge in [-0.15, -0.1) is 0 Å². The van der Waals surface area contributed by atoms with Crippen molar-refractivity contribution in [3.05, 3.63) is 70.1 Å². The second kappa shape index (κ2) is 6.09. The molecule has 4 nitrogen and oxygen atoms in total. The summed E-state index contributed by atoms with van der Waals surface area (Å²) >= 11 is 6.03. The summed E-state index contributed by atoms with van der Waals surface area (Å²) in [5, 5.41) is 2.62. The largest absolute Gasteiger partial charge is 0.350 e. The Morgan fingerprint density at radius 2 is 1.62 bits per heavy atom. The minimum atomic E-state index is -0.751. The van der Waals surface area contributed by atoms with Crippen LogP contribution in [0.3, 0.4) is 0 Å². The van der Waals surface area contributed by atoms with E-state index in [1.165, 1.54) is 18.2 Å². The molecule has 24 heavy (non-hydrogen) atoms. The number of benzene rings is 2. The molecule has 3 rings (SSSR count). The summed E-state index contributed by atoms with van der Waals surface area (Å²) in [4.78, 5) is 25.6. The maximum atomic E-state index is 13.9. The molecule has 1 heterocycles. The van der Waals surface area contributed by atoms with Gasteiger partial charge in [-0.25, -0.2) is 9.29 Å². The Morgan fingerprint density at radius 3 is 2.25 bits per heavy atom. The molecule has 0 fully saturated rings. The average molecular weight is 345 g/mol. The Kier molecular flexibility index (Phi) is 4.11. The molecule has 1 N–H and O–H groups in total. The third-order valence-corrected chi connectivity index (χ3v) is 3.96. The number of aryl methyl sites for hydroxylation is 2. The van der Waals surface area contributed by atoms with Crippen LogP contribution < -0.4 is 10.2 Å². The van der Waals surface area contributed by atoms with E-state index in [4.69, 9.17) is 11.6 Å². The Balaban J connectivity index is 1.96. The molecular formula is C18H14ClFN2O2. The normalized spacial score (nSPS) is 14.6. The molecule has 2 aromatic carbocycles. The van der Waals surface area contributed by atoms with Gasteiger partial charge in [-0.05, 0) is 49.2 Å². The maximum Gasteiger partial charge on any atom is 0.283 e. The van der Waals surface area contributed by atoms with E-state index in [1.807, 2.05) is 32.0 Å². The topological polar surface area (TPSA) is 49.4 Å². The highest BCUT2D eigenvalue weighted by Crippen LogP contribution is 2.31. The van der Waals surface area contributed by atoms with Crippen molar-refractivity contribution in [2.24, 2.45) is 0 Å². The molecule has 0 atom stereocenters. The highest BCUT2D eigenvalue weighted by molar-refractivity contribution is 6.53. The predicted molar refractivity (Wildman–Crippen MR) is 91.3 cm³/mol. The van der Waals surface area contributed by atoms with E-state index >= 15 is 0 Å². The van der Waals surface area contributed by atoms with Gasteiger partial charge in [-0.2, -0.15) is 0 Å². The number of imide groups is 1. The van der Waals surface area contributed by atoms with E-state index in [0.29, 0.717) is 5.69 Å². The number of carbonyl (C=O) groups excluding carboxylic acids is 2. The number of hydrogen-bond donors (Lipinski definition) is 1. The van der Waals surface area contributed by atoms with Crippen molar-refractivity contribution in [3.63, 3.8) is 0 Å². The quantitative estimate of drug-likeness (QED) is 0.860. The summed E-state index contributed by atoms with van der Waals surface area (Å²) in [6, 6.07) is 11.2. The second-order valence-electron chi connectivity index (χ2n) is 5.59. The molecule has 122 valence electrons. The highest BCUT2D eigenvalue weighted by Gasteiger charge is 2.40. The van der Waals surface area contributed by atoms with Crippen molar-refractivity contribution in [1.29, 1.82) is 0 Å². The zero-order valence-corrected chi connectivity index (χ0v) is 13.8. The van der Waals surface area contributed by atoms with Crippen LogP contribution in [-0.2, 0) is 9.59 Å². The second-order valence-corrected chi connectivity index (χ2v) is 5.97. The van der Waals surface area contributed by atoms with Crippen LogP contribution in [0.5, 0.6) is 0 Å². The van der Waals surface area contributed by atoms with E-state index < -0.39 is 17.6 Å². The number of anilines is 2.